The Morgan fingerprint density at radius 3 is 2.55 bits per heavy atom. The van der Waals surface area contributed by atoms with Gasteiger partial charge < -0.3 is 10.2 Å². The van der Waals surface area contributed by atoms with Crippen molar-refractivity contribution in [2.45, 2.75) is 52.4 Å². The lowest BCUT2D eigenvalue weighted by Gasteiger charge is -2.46. The minimum Gasteiger partial charge on any atom is -0.342 e. The van der Waals surface area contributed by atoms with Crippen molar-refractivity contribution in [3.8, 4) is 0 Å². The molecule has 1 N–H and O–H groups in total. The SMILES string of the molecule is CNCC1CCCN(C(=O)C2(CC(C)C)CCC2)C1.Cl. The first-order valence-electron chi connectivity index (χ1n) is 8.01. The Hall–Kier alpha value is -0.280. The molecule has 0 aromatic rings. The van der Waals surface area contributed by atoms with E-state index in [2.05, 4.69) is 24.1 Å². The van der Waals surface area contributed by atoms with Gasteiger partial charge in [0.05, 0.1) is 0 Å². The largest absolute Gasteiger partial charge is 0.342 e. The third-order valence-corrected chi connectivity index (χ3v) is 4.86. The minimum absolute atomic E-state index is 0. The van der Waals surface area contributed by atoms with Gasteiger partial charge in [0.25, 0.3) is 0 Å². The number of likely N-dealkylation sites (tertiary alicyclic amines) is 1. The fraction of sp³-hybridized carbons (Fsp3) is 0.938. The lowest BCUT2D eigenvalue weighted by molar-refractivity contribution is -0.150. The van der Waals surface area contributed by atoms with Crippen LogP contribution in [-0.2, 0) is 4.79 Å². The van der Waals surface area contributed by atoms with Crippen LogP contribution in [0.2, 0.25) is 0 Å². The van der Waals surface area contributed by atoms with Gasteiger partial charge in [-0.05, 0) is 57.5 Å². The molecule has 118 valence electrons. The van der Waals surface area contributed by atoms with Crippen LogP contribution in [-0.4, -0.2) is 37.5 Å². The number of nitrogens with zero attached hydrogens (tertiary/aromatic N) is 1. The summed E-state index contributed by atoms with van der Waals surface area (Å²) in [6.45, 7) is 7.49. The van der Waals surface area contributed by atoms with E-state index in [4.69, 9.17) is 0 Å². The van der Waals surface area contributed by atoms with E-state index in [9.17, 15) is 4.79 Å². The second kappa shape index (κ2) is 7.65. The molecule has 1 atom stereocenters. The van der Waals surface area contributed by atoms with E-state index in [-0.39, 0.29) is 17.8 Å². The van der Waals surface area contributed by atoms with E-state index in [0.29, 0.717) is 17.7 Å². The monoisotopic (exact) mass is 302 g/mol. The average molecular weight is 303 g/mol. The Kier molecular flexibility index (Phi) is 6.80. The fourth-order valence-corrected chi connectivity index (χ4v) is 3.93. The van der Waals surface area contributed by atoms with E-state index < -0.39 is 0 Å². The molecule has 20 heavy (non-hydrogen) atoms. The Balaban J connectivity index is 0.00000200. The molecular formula is C16H31ClN2O. The summed E-state index contributed by atoms with van der Waals surface area (Å²) in [5, 5.41) is 3.26. The normalized spacial score (nSPS) is 25.0. The zero-order valence-electron chi connectivity index (χ0n) is 13.3. The number of halogens is 1. The molecule has 1 amide bonds. The first-order valence-corrected chi connectivity index (χ1v) is 8.01. The van der Waals surface area contributed by atoms with Crippen molar-refractivity contribution in [1.29, 1.82) is 0 Å². The summed E-state index contributed by atoms with van der Waals surface area (Å²) in [5.41, 5.74) is 0.00962. The Bertz CT molecular complexity index is 314. The van der Waals surface area contributed by atoms with Crippen LogP contribution < -0.4 is 5.32 Å². The molecule has 2 aliphatic rings. The maximum atomic E-state index is 12.9. The van der Waals surface area contributed by atoms with Gasteiger partial charge in [-0.2, -0.15) is 0 Å². The minimum atomic E-state index is 0. The lowest BCUT2D eigenvalue weighted by atomic mass is 9.63. The van der Waals surface area contributed by atoms with Crippen molar-refractivity contribution in [2.24, 2.45) is 17.3 Å². The van der Waals surface area contributed by atoms with Gasteiger partial charge in [-0.15, -0.1) is 12.4 Å². The molecule has 2 fully saturated rings. The molecule has 0 bridgehead atoms. The van der Waals surface area contributed by atoms with Gasteiger partial charge in [0, 0.05) is 18.5 Å². The highest BCUT2D eigenvalue weighted by atomic mass is 35.5. The quantitative estimate of drug-likeness (QED) is 0.846. The predicted molar refractivity (Wildman–Crippen MR) is 86.2 cm³/mol. The molecule has 1 heterocycles. The zero-order valence-corrected chi connectivity index (χ0v) is 14.1. The summed E-state index contributed by atoms with van der Waals surface area (Å²) in [7, 11) is 2.01. The summed E-state index contributed by atoms with van der Waals surface area (Å²) in [6.07, 6.45) is 7.01. The van der Waals surface area contributed by atoms with Gasteiger partial charge >= 0.3 is 0 Å². The molecule has 1 aliphatic heterocycles. The predicted octanol–water partition coefficient (Wildman–Crippen LogP) is 3.08. The van der Waals surface area contributed by atoms with E-state index in [1.54, 1.807) is 0 Å². The molecule has 0 aromatic carbocycles. The van der Waals surface area contributed by atoms with Crippen molar-refractivity contribution < 1.29 is 4.79 Å². The number of nitrogens with one attached hydrogen (secondary N) is 1. The van der Waals surface area contributed by atoms with Crippen LogP contribution in [0.1, 0.15) is 52.4 Å². The maximum absolute atomic E-state index is 12.9. The number of hydrogen-bond donors (Lipinski definition) is 1. The van der Waals surface area contributed by atoms with Crippen LogP contribution in [0, 0.1) is 17.3 Å². The first-order chi connectivity index (χ1) is 9.07. The van der Waals surface area contributed by atoms with E-state index in [1.165, 1.54) is 19.3 Å². The summed E-state index contributed by atoms with van der Waals surface area (Å²) >= 11 is 0. The zero-order chi connectivity index (χ0) is 13.9. The highest BCUT2D eigenvalue weighted by molar-refractivity contribution is 5.85. The molecule has 1 saturated carbocycles. The smallest absolute Gasteiger partial charge is 0.228 e. The number of carbonyl (C=O) groups excluding carboxylic acids is 1. The standard InChI is InChI=1S/C16H30N2O.ClH/c1-13(2)10-16(7-5-8-16)15(19)18-9-4-6-14(12-18)11-17-3;/h13-14,17H,4-12H2,1-3H3;1H. The summed E-state index contributed by atoms with van der Waals surface area (Å²) in [4.78, 5) is 15.1. The Morgan fingerprint density at radius 2 is 2.05 bits per heavy atom. The summed E-state index contributed by atoms with van der Waals surface area (Å²) in [6, 6.07) is 0. The molecule has 4 heteroatoms. The van der Waals surface area contributed by atoms with E-state index in [1.807, 2.05) is 7.05 Å². The highest BCUT2D eigenvalue weighted by Crippen LogP contribution is 2.47. The van der Waals surface area contributed by atoms with Crippen LogP contribution in [0.25, 0.3) is 0 Å². The van der Waals surface area contributed by atoms with Crippen LogP contribution in [0.4, 0.5) is 0 Å². The third kappa shape index (κ3) is 3.88. The van der Waals surface area contributed by atoms with Gasteiger partial charge in [0.2, 0.25) is 5.91 Å². The van der Waals surface area contributed by atoms with Gasteiger partial charge in [-0.3, -0.25) is 4.79 Å². The molecule has 2 rings (SSSR count). The van der Waals surface area contributed by atoms with E-state index in [0.717, 1.165) is 38.9 Å². The van der Waals surface area contributed by atoms with Crippen molar-refractivity contribution in [1.82, 2.24) is 10.2 Å². The summed E-state index contributed by atoms with van der Waals surface area (Å²) in [5.74, 6) is 1.74. The van der Waals surface area contributed by atoms with Crippen molar-refractivity contribution >= 4 is 18.3 Å². The number of carbonyl (C=O) groups is 1. The molecule has 1 unspecified atom stereocenters. The highest BCUT2D eigenvalue weighted by Gasteiger charge is 2.46. The second-order valence-electron chi connectivity index (χ2n) is 7.05. The molecule has 0 radical (unpaired) electrons. The fourth-order valence-electron chi connectivity index (χ4n) is 3.93. The van der Waals surface area contributed by atoms with Gasteiger partial charge in [0.1, 0.15) is 0 Å². The number of piperidine rings is 1. The average Bonchev–Trinajstić information content (AvgIpc) is 2.33. The van der Waals surface area contributed by atoms with Crippen LogP contribution in [0.15, 0.2) is 0 Å². The molecule has 1 aliphatic carbocycles. The molecule has 0 spiro atoms. The topological polar surface area (TPSA) is 32.3 Å². The lowest BCUT2D eigenvalue weighted by Crippen LogP contribution is -2.52. The van der Waals surface area contributed by atoms with Gasteiger partial charge in [0.15, 0.2) is 0 Å². The molecule has 0 aromatic heterocycles. The maximum Gasteiger partial charge on any atom is 0.228 e. The number of hydrogen-bond acceptors (Lipinski definition) is 2. The Morgan fingerprint density at radius 1 is 1.35 bits per heavy atom. The summed E-state index contributed by atoms with van der Waals surface area (Å²) < 4.78 is 0. The Labute approximate surface area is 130 Å². The second-order valence-corrected chi connectivity index (χ2v) is 7.05. The first kappa shape index (κ1) is 17.8. The van der Waals surface area contributed by atoms with Crippen LogP contribution in [0.3, 0.4) is 0 Å². The number of rotatable bonds is 5. The van der Waals surface area contributed by atoms with Gasteiger partial charge in [-0.25, -0.2) is 0 Å². The van der Waals surface area contributed by atoms with Crippen LogP contribution >= 0.6 is 12.4 Å². The van der Waals surface area contributed by atoms with Crippen molar-refractivity contribution in [3.05, 3.63) is 0 Å². The molecule has 1 saturated heterocycles. The molecule has 3 nitrogen and oxygen atoms in total. The van der Waals surface area contributed by atoms with Crippen molar-refractivity contribution in [3.63, 3.8) is 0 Å². The van der Waals surface area contributed by atoms with Crippen LogP contribution in [0.5, 0.6) is 0 Å². The number of amides is 1. The molecular weight excluding hydrogens is 272 g/mol. The van der Waals surface area contributed by atoms with Crippen molar-refractivity contribution in [2.75, 3.05) is 26.7 Å². The third-order valence-electron chi connectivity index (χ3n) is 4.86. The van der Waals surface area contributed by atoms with E-state index >= 15 is 0 Å². The van der Waals surface area contributed by atoms with Gasteiger partial charge in [-0.1, -0.05) is 20.3 Å².